The standard InChI is InChI=1S/C13H21N/c1-4-14-13(11(2)3)10-12-8-6-5-7-9-12/h5-9,11,13-14H,4,10H2,1-3H3. The maximum atomic E-state index is 3.53. The Bertz CT molecular complexity index is 241. The van der Waals surface area contributed by atoms with Gasteiger partial charge in [-0.05, 0) is 24.4 Å². The summed E-state index contributed by atoms with van der Waals surface area (Å²) in [5, 5.41) is 3.53. The molecule has 0 amide bonds. The molecule has 1 atom stereocenters. The van der Waals surface area contributed by atoms with E-state index in [0.29, 0.717) is 12.0 Å². The van der Waals surface area contributed by atoms with Gasteiger partial charge in [0.25, 0.3) is 0 Å². The van der Waals surface area contributed by atoms with E-state index in [1.165, 1.54) is 5.56 Å². The number of likely N-dealkylation sites (N-methyl/N-ethyl adjacent to an activating group) is 1. The van der Waals surface area contributed by atoms with E-state index in [2.05, 4.69) is 56.4 Å². The zero-order chi connectivity index (χ0) is 10.4. The molecule has 0 bridgehead atoms. The molecule has 1 rings (SSSR count). The number of benzene rings is 1. The molecule has 0 radical (unpaired) electrons. The van der Waals surface area contributed by atoms with Gasteiger partial charge in [-0.15, -0.1) is 0 Å². The number of hydrogen-bond donors (Lipinski definition) is 1. The normalized spacial score (nSPS) is 13.1. The minimum atomic E-state index is 0.599. The second-order valence-electron chi connectivity index (χ2n) is 4.10. The molecule has 1 heteroatoms. The molecule has 0 aliphatic rings. The van der Waals surface area contributed by atoms with Crippen LogP contribution < -0.4 is 5.32 Å². The maximum Gasteiger partial charge on any atom is 0.0130 e. The van der Waals surface area contributed by atoms with E-state index in [9.17, 15) is 0 Å². The predicted molar refractivity (Wildman–Crippen MR) is 62.4 cm³/mol. The SMILES string of the molecule is CCNC(Cc1ccccc1)C(C)C. The quantitative estimate of drug-likeness (QED) is 0.754. The topological polar surface area (TPSA) is 12.0 Å². The zero-order valence-electron chi connectivity index (χ0n) is 9.46. The summed E-state index contributed by atoms with van der Waals surface area (Å²) in [6, 6.07) is 11.3. The van der Waals surface area contributed by atoms with Gasteiger partial charge in [0, 0.05) is 6.04 Å². The summed E-state index contributed by atoms with van der Waals surface area (Å²) in [4.78, 5) is 0. The summed E-state index contributed by atoms with van der Waals surface area (Å²) in [7, 11) is 0. The summed E-state index contributed by atoms with van der Waals surface area (Å²) in [6.07, 6.45) is 1.13. The fourth-order valence-electron chi connectivity index (χ4n) is 1.67. The van der Waals surface area contributed by atoms with Gasteiger partial charge in [-0.2, -0.15) is 0 Å². The highest BCUT2D eigenvalue weighted by Crippen LogP contribution is 2.09. The fraction of sp³-hybridized carbons (Fsp3) is 0.538. The van der Waals surface area contributed by atoms with Crippen molar-refractivity contribution in [1.29, 1.82) is 0 Å². The first kappa shape index (κ1) is 11.3. The van der Waals surface area contributed by atoms with Gasteiger partial charge in [0.15, 0.2) is 0 Å². The van der Waals surface area contributed by atoms with Gasteiger partial charge in [-0.3, -0.25) is 0 Å². The van der Waals surface area contributed by atoms with Crippen LogP contribution in [0.3, 0.4) is 0 Å². The molecule has 1 aromatic rings. The Morgan fingerprint density at radius 3 is 2.29 bits per heavy atom. The van der Waals surface area contributed by atoms with Gasteiger partial charge < -0.3 is 5.32 Å². The Labute approximate surface area is 87.5 Å². The highest BCUT2D eigenvalue weighted by Gasteiger charge is 2.11. The van der Waals surface area contributed by atoms with Crippen LogP contribution in [0.15, 0.2) is 30.3 Å². The van der Waals surface area contributed by atoms with Crippen LogP contribution in [0.2, 0.25) is 0 Å². The Balaban J connectivity index is 2.55. The average molecular weight is 191 g/mol. The summed E-state index contributed by atoms with van der Waals surface area (Å²) in [5.41, 5.74) is 1.42. The number of hydrogen-bond acceptors (Lipinski definition) is 1. The van der Waals surface area contributed by atoms with Crippen molar-refractivity contribution in [3.05, 3.63) is 35.9 Å². The van der Waals surface area contributed by atoms with Crippen LogP contribution >= 0.6 is 0 Å². The van der Waals surface area contributed by atoms with Crippen molar-refractivity contribution in [1.82, 2.24) is 5.32 Å². The third kappa shape index (κ3) is 3.51. The summed E-state index contributed by atoms with van der Waals surface area (Å²) < 4.78 is 0. The molecule has 0 aliphatic carbocycles. The first-order chi connectivity index (χ1) is 6.74. The first-order valence-electron chi connectivity index (χ1n) is 5.51. The van der Waals surface area contributed by atoms with Crippen LogP contribution in [-0.2, 0) is 6.42 Å². The first-order valence-corrected chi connectivity index (χ1v) is 5.51. The fourth-order valence-corrected chi connectivity index (χ4v) is 1.67. The lowest BCUT2D eigenvalue weighted by Gasteiger charge is -2.21. The highest BCUT2D eigenvalue weighted by atomic mass is 14.9. The van der Waals surface area contributed by atoms with Gasteiger partial charge >= 0.3 is 0 Å². The minimum absolute atomic E-state index is 0.599. The van der Waals surface area contributed by atoms with Gasteiger partial charge in [0.2, 0.25) is 0 Å². The smallest absolute Gasteiger partial charge is 0.0130 e. The second-order valence-corrected chi connectivity index (χ2v) is 4.10. The Kier molecular flexibility index (Phi) is 4.68. The van der Waals surface area contributed by atoms with Crippen molar-refractivity contribution in [3.63, 3.8) is 0 Å². The molecule has 0 aliphatic heterocycles. The van der Waals surface area contributed by atoms with Gasteiger partial charge in [0.05, 0.1) is 0 Å². The lowest BCUT2D eigenvalue weighted by atomic mass is 9.96. The molecule has 78 valence electrons. The molecule has 1 aromatic carbocycles. The summed E-state index contributed by atoms with van der Waals surface area (Å²) >= 11 is 0. The molecule has 0 saturated heterocycles. The molecule has 0 heterocycles. The third-order valence-corrected chi connectivity index (χ3v) is 2.57. The largest absolute Gasteiger partial charge is 0.314 e. The zero-order valence-corrected chi connectivity index (χ0v) is 9.46. The lowest BCUT2D eigenvalue weighted by molar-refractivity contribution is 0.405. The molecular formula is C13H21N. The monoisotopic (exact) mass is 191 g/mol. The van der Waals surface area contributed by atoms with Gasteiger partial charge in [-0.1, -0.05) is 51.1 Å². The van der Waals surface area contributed by atoms with Gasteiger partial charge in [0.1, 0.15) is 0 Å². The van der Waals surface area contributed by atoms with E-state index in [1.54, 1.807) is 0 Å². The van der Waals surface area contributed by atoms with Crippen molar-refractivity contribution < 1.29 is 0 Å². The molecule has 14 heavy (non-hydrogen) atoms. The van der Waals surface area contributed by atoms with Crippen molar-refractivity contribution in [2.45, 2.75) is 33.2 Å². The Morgan fingerprint density at radius 1 is 1.14 bits per heavy atom. The highest BCUT2D eigenvalue weighted by molar-refractivity contribution is 5.16. The number of rotatable bonds is 5. The third-order valence-electron chi connectivity index (χ3n) is 2.57. The molecule has 0 fully saturated rings. The van der Waals surface area contributed by atoms with E-state index in [1.807, 2.05) is 0 Å². The van der Waals surface area contributed by atoms with Crippen LogP contribution in [0.4, 0.5) is 0 Å². The van der Waals surface area contributed by atoms with Gasteiger partial charge in [-0.25, -0.2) is 0 Å². The molecule has 1 unspecified atom stereocenters. The van der Waals surface area contributed by atoms with E-state index < -0.39 is 0 Å². The van der Waals surface area contributed by atoms with Crippen molar-refractivity contribution in [2.24, 2.45) is 5.92 Å². The Morgan fingerprint density at radius 2 is 1.79 bits per heavy atom. The van der Waals surface area contributed by atoms with Crippen LogP contribution in [0.5, 0.6) is 0 Å². The molecule has 1 N–H and O–H groups in total. The van der Waals surface area contributed by atoms with Crippen molar-refractivity contribution in [2.75, 3.05) is 6.54 Å². The van der Waals surface area contributed by atoms with Crippen LogP contribution in [0.25, 0.3) is 0 Å². The maximum absolute atomic E-state index is 3.53. The van der Waals surface area contributed by atoms with E-state index >= 15 is 0 Å². The van der Waals surface area contributed by atoms with E-state index in [0.717, 1.165) is 13.0 Å². The molecule has 0 saturated carbocycles. The predicted octanol–water partition coefficient (Wildman–Crippen LogP) is 2.86. The lowest BCUT2D eigenvalue weighted by Crippen LogP contribution is -2.35. The van der Waals surface area contributed by atoms with E-state index in [-0.39, 0.29) is 0 Å². The molecule has 0 spiro atoms. The van der Waals surface area contributed by atoms with E-state index in [4.69, 9.17) is 0 Å². The molecular weight excluding hydrogens is 170 g/mol. The second kappa shape index (κ2) is 5.82. The van der Waals surface area contributed by atoms with Crippen molar-refractivity contribution in [3.8, 4) is 0 Å². The van der Waals surface area contributed by atoms with Crippen LogP contribution in [-0.4, -0.2) is 12.6 Å². The van der Waals surface area contributed by atoms with Crippen molar-refractivity contribution >= 4 is 0 Å². The molecule has 0 aromatic heterocycles. The van der Waals surface area contributed by atoms with Crippen LogP contribution in [0.1, 0.15) is 26.3 Å². The molecule has 1 nitrogen and oxygen atoms in total. The number of nitrogens with one attached hydrogen (secondary N) is 1. The van der Waals surface area contributed by atoms with Crippen LogP contribution in [0, 0.1) is 5.92 Å². The average Bonchev–Trinajstić information content (AvgIpc) is 2.18. The minimum Gasteiger partial charge on any atom is -0.314 e. The Hall–Kier alpha value is -0.820. The summed E-state index contributed by atoms with van der Waals surface area (Å²) in [5.74, 6) is 0.690. The summed E-state index contributed by atoms with van der Waals surface area (Å²) in [6.45, 7) is 7.77.